The fourth-order valence-electron chi connectivity index (χ4n) is 1.27. The summed E-state index contributed by atoms with van der Waals surface area (Å²) in [5, 5.41) is 28.7. The summed E-state index contributed by atoms with van der Waals surface area (Å²) in [4.78, 5) is 20.6. The standard InChI is InChI=1S/C9H9NO5/c1-5(11)6-3-2-4-7(9(12)13)8(6)10(14)15/h2-5,11H,1H3,(H,12,13). The van der Waals surface area contributed by atoms with Gasteiger partial charge in [0.05, 0.1) is 16.6 Å². The number of nitrogens with zero attached hydrogens (tertiary/aromatic N) is 1. The molecule has 0 spiro atoms. The minimum Gasteiger partial charge on any atom is -0.477 e. The van der Waals surface area contributed by atoms with Gasteiger partial charge in [0, 0.05) is 0 Å². The van der Waals surface area contributed by atoms with Crippen molar-refractivity contribution in [2.75, 3.05) is 0 Å². The molecule has 6 nitrogen and oxygen atoms in total. The molecule has 2 N–H and O–H groups in total. The molecular weight excluding hydrogens is 202 g/mol. The minimum atomic E-state index is -1.38. The summed E-state index contributed by atoms with van der Waals surface area (Å²) in [6, 6.07) is 3.82. The number of nitro benzene ring substituents is 1. The van der Waals surface area contributed by atoms with Gasteiger partial charge in [-0.1, -0.05) is 6.07 Å². The lowest BCUT2D eigenvalue weighted by Gasteiger charge is -2.07. The van der Waals surface area contributed by atoms with E-state index in [0.29, 0.717) is 0 Å². The summed E-state index contributed by atoms with van der Waals surface area (Å²) in [5.41, 5.74) is -0.974. The minimum absolute atomic E-state index is 0.0000926. The number of aromatic carboxylic acids is 1. The van der Waals surface area contributed by atoms with Gasteiger partial charge in [-0.25, -0.2) is 4.79 Å². The first kappa shape index (κ1) is 11.1. The van der Waals surface area contributed by atoms with Crippen LogP contribution in [0.25, 0.3) is 0 Å². The number of rotatable bonds is 3. The van der Waals surface area contributed by atoms with Crippen molar-refractivity contribution in [1.82, 2.24) is 0 Å². The Morgan fingerprint density at radius 3 is 2.53 bits per heavy atom. The highest BCUT2D eigenvalue weighted by Crippen LogP contribution is 2.28. The molecule has 0 fully saturated rings. The molecule has 1 aromatic carbocycles. The van der Waals surface area contributed by atoms with Crippen molar-refractivity contribution >= 4 is 11.7 Å². The fraction of sp³-hybridized carbons (Fsp3) is 0.222. The van der Waals surface area contributed by atoms with Gasteiger partial charge in [0.2, 0.25) is 0 Å². The van der Waals surface area contributed by atoms with Crippen LogP contribution in [0.4, 0.5) is 5.69 Å². The summed E-state index contributed by atoms with van der Waals surface area (Å²) < 4.78 is 0. The number of aliphatic hydroxyl groups is 1. The normalized spacial score (nSPS) is 12.1. The van der Waals surface area contributed by atoms with Crippen LogP contribution in [-0.4, -0.2) is 21.1 Å². The van der Waals surface area contributed by atoms with E-state index in [1.165, 1.54) is 19.1 Å². The smallest absolute Gasteiger partial charge is 0.342 e. The number of hydrogen-bond acceptors (Lipinski definition) is 4. The van der Waals surface area contributed by atoms with Gasteiger partial charge in [-0.15, -0.1) is 0 Å². The molecule has 0 aliphatic carbocycles. The zero-order valence-corrected chi connectivity index (χ0v) is 7.88. The molecule has 0 heterocycles. The van der Waals surface area contributed by atoms with Gasteiger partial charge >= 0.3 is 5.97 Å². The molecule has 0 saturated heterocycles. The van der Waals surface area contributed by atoms with Crippen molar-refractivity contribution in [3.05, 3.63) is 39.4 Å². The monoisotopic (exact) mass is 211 g/mol. The molecule has 1 unspecified atom stereocenters. The molecule has 0 radical (unpaired) electrons. The molecule has 0 aliphatic rings. The van der Waals surface area contributed by atoms with Crippen molar-refractivity contribution in [1.29, 1.82) is 0 Å². The lowest BCUT2D eigenvalue weighted by atomic mass is 10.0. The van der Waals surface area contributed by atoms with Crippen LogP contribution in [0.1, 0.15) is 28.9 Å². The Kier molecular flexibility index (Phi) is 3.01. The molecule has 1 atom stereocenters. The topological polar surface area (TPSA) is 101 Å². The van der Waals surface area contributed by atoms with Crippen molar-refractivity contribution in [3.63, 3.8) is 0 Å². The van der Waals surface area contributed by atoms with E-state index < -0.39 is 28.2 Å². The van der Waals surface area contributed by atoms with Crippen LogP contribution >= 0.6 is 0 Å². The van der Waals surface area contributed by atoms with Crippen LogP contribution in [0.2, 0.25) is 0 Å². The van der Waals surface area contributed by atoms with E-state index in [2.05, 4.69) is 0 Å². The van der Waals surface area contributed by atoms with Gasteiger partial charge in [-0.3, -0.25) is 10.1 Å². The quantitative estimate of drug-likeness (QED) is 0.580. The fourth-order valence-corrected chi connectivity index (χ4v) is 1.27. The molecule has 15 heavy (non-hydrogen) atoms. The van der Waals surface area contributed by atoms with Crippen LogP contribution in [0, 0.1) is 10.1 Å². The predicted molar refractivity (Wildman–Crippen MR) is 50.7 cm³/mol. The highest BCUT2D eigenvalue weighted by molar-refractivity contribution is 5.93. The van der Waals surface area contributed by atoms with Crippen molar-refractivity contribution in [2.24, 2.45) is 0 Å². The summed E-state index contributed by atoms with van der Waals surface area (Å²) in [6.45, 7) is 1.34. The molecule has 0 aliphatic heterocycles. The SMILES string of the molecule is CC(O)c1cccc(C(=O)O)c1[N+](=O)[O-]. The summed E-state index contributed by atoms with van der Waals surface area (Å²) in [7, 11) is 0. The number of benzene rings is 1. The van der Waals surface area contributed by atoms with Gasteiger partial charge < -0.3 is 10.2 Å². The number of carbonyl (C=O) groups is 1. The summed E-state index contributed by atoms with van der Waals surface area (Å²) in [6.07, 6.45) is -1.08. The van der Waals surface area contributed by atoms with E-state index in [4.69, 9.17) is 5.11 Å². The Hall–Kier alpha value is -1.95. The zero-order valence-electron chi connectivity index (χ0n) is 7.88. The van der Waals surface area contributed by atoms with E-state index in [1.54, 1.807) is 0 Å². The van der Waals surface area contributed by atoms with Crippen LogP contribution in [0.5, 0.6) is 0 Å². The average molecular weight is 211 g/mol. The Bertz CT molecular complexity index is 413. The van der Waals surface area contributed by atoms with E-state index in [9.17, 15) is 20.0 Å². The molecule has 80 valence electrons. The highest BCUT2D eigenvalue weighted by Gasteiger charge is 2.25. The number of nitro groups is 1. The summed E-state index contributed by atoms with van der Waals surface area (Å²) >= 11 is 0. The third kappa shape index (κ3) is 2.10. The Labute approximate surface area is 84.9 Å². The highest BCUT2D eigenvalue weighted by atomic mass is 16.6. The Balaban J connectivity index is 3.48. The van der Waals surface area contributed by atoms with Gasteiger partial charge in [-0.2, -0.15) is 0 Å². The number of hydrogen-bond donors (Lipinski definition) is 2. The third-order valence-corrected chi connectivity index (χ3v) is 1.93. The van der Waals surface area contributed by atoms with Gasteiger partial charge in [0.25, 0.3) is 5.69 Å². The Morgan fingerprint density at radius 2 is 2.13 bits per heavy atom. The summed E-state index contributed by atoms with van der Waals surface area (Å²) in [5.74, 6) is -1.38. The van der Waals surface area contributed by atoms with E-state index >= 15 is 0 Å². The van der Waals surface area contributed by atoms with E-state index in [1.807, 2.05) is 0 Å². The third-order valence-electron chi connectivity index (χ3n) is 1.93. The van der Waals surface area contributed by atoms with Crippen molar-refractivity contribution < 1.29 is 19.9 Å². The molecule has 0 bridgehead atoms. The lowest BCUT2D eigenvalue weighted by molar-refractivity contribution is -0.386. The molecule has 6 heteroatoms. The van der Waals surface area contributed by atoms with Crippen molar-refractivity contribution in [2.45, 2.75) is 13.0 Å². The molecule has 1 rings (SSSR count). The molecule has 0 aromatic heterocycles. The maximum absolute atomic E-state index is 10.7. The largest absolute Gasteiger partial charge is 0.477 e. The molecule has 1 aromatic rings. The molecule has 0 saturated carbocycles. The van der Waals surface area contributed by atoms with Crippen LogP contribution < -0.4 is 0 Å². The van der Waals surface area contributed by atoms with E-state index in [0.717, 1.165) is 6.07 Å². The van der Waals surface area contributed by atoms with Crippen molar-refractivity contribution in [3.8, 4) is 0 Å². The second-order valence-corrected chi connectivity index (χ2v) is 2.98. The maximum Gasteiger partial charge on any atom is 0.342 e. The lowest BCUT2D eigenvalue weighted by Crippen LogP contribution is -2.07. The number of carboxylic acids is 1. The van der Waals surface area contributed by atoms with Crippen LogP contribution in [-0.2, 0) is 0 Å². The van der Waals surface area contributed by atoms with E-state index in [-0.39, 0.29) is 5.56 Å². The first-order valence-corrected chi connectivity index (χ1v) is 4.13. The van der Waals surface area contributed by atoms with Crippen LogP contribution in [0.3, 0.4) is 0 Å². The number of para-hydroxylation sites is 1. The van der Waals surface area contributed by atoms with Gasteiger partial charge in [-0.05, 0) is 19.1 Å². The van der Waals surface area contributed by atoms with Gasteiger partial charge in [0.15, 0.2) is 0 Å². The zero-order chi connectivity index (χ0) is 11.6. The molecule has 0 amide bonds. The molecular formula is C9H9NO5. The average Bonchev–Trinajstić information content (AvgIpc) is 2.16. The second kappa shape index (κ2) is 4.05. The predicted octanol–water partition coefficient (Wildman–Crippen LogP) is 1.35. The van der Waals surface area contributed by atoms with Crippen LogP contribution in [0.15, 0.2) is 18.2 Å². The number of aliphatic hydroxyl groups excluding tert-OH is 1. The Morgan fingerprint density at radius 1 is 1.53 bits per heavy atom. The maximum atomic E-state index is 10.7. The number of carboxylic acid groups (broad SMARTS) is 1. The van der Waals surface area contributed by atoms with Gasteiger partial charge in [0.1, 0.15) is 5.56 Å². The first-order chi connectivity index (χ1) is 6.95. The second-order valence-electron chi connectivity index (χ2n) is 2.98. The first-order valence-electron chi connectivity index (χ1n) is 4.13.